The Balaban J connectivity index is 1.93. The Hall–Kier alpha value is -2.74. The number of hydrogen-bond acceptors (Lipinski definition) is 6. The normalized spacial score (nSPS) is 13.0. The van der Waals surface area contributed by atoms with Crippen molar-refractivity contribution < 1.29 is 9.90 Å². The maximum atomic E-state index is 12.4. The molecule has 0 fully saturated rings. The van der Waals surface area contributed by atoms with E-state index in [0.717, 1.165) is 11.3 Å². The Bertz CT molecular complexity index is 785. The molecule has 120 valence electrons. The lowest BCUT2D eigenvalue weighted by Gasteiger charge is -2.16. The summed E-state index contributed by atoms with van der Waals surface area (Å²) in [5.41, 5.74) is 1.34. The topological polar surface area (TPSA) is 100 Å². The molecule has 0 unspecified atom stereocenters. The van der Waals surface area contributed by atoms with Crippen LogP contribution in [0.2, 0.25) is 0 Å². The maximum absolute atomic E-state index is 12.4. The molecule has 1 aromatic carbocycles. The van der Waals surface area contributed by atoms with E-state index in [-0.39, 0.29) is 18.8 Å². The summed E-state index contributed by atoms with van der Waals surface area (Å²) in [6.45, 7) is 2.90. The van der Waals surface area contributed by atoms with E-state index in [2.05, 4.69) is 15.5 Å². The van der Waals surface area contributed by atoms with Crippen LogP contribution in [0.1, 0.15) is 16.1 Å². The second kappa shape index (κ2) is 6.17. The average Bonchev–Trinajstić information content (AvgIpc) is 2.98. The predicted octanol–water partition coefficient (Wildman–Crippen LogP) is -0.179. The molecular formula is C15H17N5O3. The number of nitrogens with zero attached hydrogens (tertiary/aromatic N) is 4. The molecular weight excluding hydrogens is 298 g/mol. The number of carbonyl (C=O) groups excluding carboxylic acids is 1. The number of aryl methyl sites for hydroxylation is 1. The average molecular weight is 315 g/mol. The van der Waals surface area contributed by atoms with E-state index in [1.807, 2.05) is 36.1 Å². The zero-order chi connectivity index (χ0) is 16.4. The van der Waals surface area contributed by atoms with Gasteiger partial charge in [-0.25, -0.2) is 0 Å². The van der Waals surface area contributed by atoms with E-state index in [4.69, 9.17) is 5.11 Å². The Labute approximate surface area is 132 Å². The zero-order valence-corrected chi connectivity index (χ0v) is 12.7. The molecule has 8 nitrogen and oxygen atoms in total. The molecule has 0 saturated carbocycles. The van der Waals surface area contributed by atoms with Crippen molar-refractivity contribution in [1.29, 1.82) is 0 Å². The van der Waals surface area contributed by atoms with Crippen molar-refractivity contribution in [2.45, 2.75) is 13.5 Å². The van der Waals surface area contributed by atoms with Crippen LogP contribution in [0.4, 0.5) is 11.6 Å². The van der Waals surface area contributed by atoms with Crippen molar-refractivity contribution in [3.05, 3.63) is 45.9 Å². The van der Waals surface area contributed by atoms with Gasteiger partial charge in [-0.1, -0.05) is 17.7 Å². The minimum atomic E-state index is -0.624. The van der Waals surface area contributed by atoms with Crippen LogP contribution in [-0.4, -0.2) is 45.5 Å². The molecule has 1 amide bonds. The Kier molecular flexibility index (Phi) is 4.07. The first-order valence-corrected chi connectivity index (χ1v) is 7.32. The highest BCUT2D eigenvalue weighted by atomic mass is 16.3. The van der Waals surface area contributed by atoms with Gasteiger partial charge in [0.25, 0.3) is 11.5 Å². The van der Waals surface area contributed by atoms with Crippen LogP contribution < -0.4 is 15.8 Å². The monoisotopic (exact) mass is 315 g/mol. The van der Waals surface area contributed by atoms with Gasteiger partial charge in [0, 0.05) is 25.3 Å². The molecule has 2 aromatic rings. The van der Waals surface area contributed by atoms with E-state index in [1.54, 1.807) is 0 Å². The third-order valence-electron chi connectivity index (χ3n) is 3.68. The first kappa shape index (κ1) is 15.2. The molecule has 2 N–H and O–H groups in total. The van der Waals surface area contributed by atoms with Crippen LogP contribution in [0.5, 0.6) is 0 Å². The smallest absolute Gasteiger partial charge is 0.286 e. The third-order valence-corrected chi connectivity index (χ3v) is 3.68. The Morgan fingerprint density at radius 3 is 2.70 bits per heavy atom. The van der Waals surface area contributed by atoms with Crippen molar-refractivity contribution in [1.82, 2.24) is 20.1 Å². The molecule has 1 aliphatic rings. The van der Waals surface area contributed by atoms with Crippen molar-refractivity contribution in [2.24, 2.45) is 0 Å². The number of fused-ring (bicyclic) bond motifs is 1. The lowest BCUT2D eigenvalue weighted by molar-refractivity contribution is 0.0936. The first-order chi connectivity index (χ1) is 11.1. The maximum Gasteiger partial charge on any atom is 0.286 e. The summed E-state index contributed by atoms with van der Waals surface area (Å²) in [5, 5.41) is 19.0. The number of hydrogen-bond donors (Lipinski definition) is 2. The summed E-state index contributed by atoms with van der Waals surface area (Å²) in [6, 6.07) is 7.89. The third kappa shape index (κ3) is 2.80. The SMILES string of the molecule is Cc1ccc(N2CCn3c2nnc(C(=O)NCCO)c3=O)cc1. The van der Waals surface area contributed by atoms with E-state index < -0.39 is 11.5 Å². The van der Waals surface area contributed by atoms with Crippen LogP contribution in [0.25, 0.3) is 0 Å². The van der Waals surface area contributed by atoms with Gasteiger partial charge in [0.05, 0.1) is 6.61 Å². The van der Waals surface area contributed by atoms with Crippen molar-refractivity contribution >= 4 is 17.5 Å². The summed E-state index contributed by atoms with van der Waals surface area (Å²) in [6.07, 6.45) is 0. The fourth-order valence-electron chi connectivity index (χ4n) is 2.48. The molecule has 0 saturated heterocycles. The fourth-order valence-corrected chi connectivity index (χ4v) is 2.48. The number of anilines is 2. The summed E-state index contributed by atoms with van der Waals surface area (Å²) in [5.74, 6) is -0.196. The number of aromatic nitrogens is 3. The quantitative estimate of drug-likeness (QED) is 0.812. The lowest BCUT2D eigenvalue weighted by Crippen LogP contribution is -2.36. The number of carbonyl (C=O) groups is 1. The number of amides is 1. The molecule has 23 heavy (non-hydrogen) atoms. The Morgan fingerprint density at radius 1 is 1.26 bits per heavy atom. The molecule has 0 atom stereocenters. The number of rotatable bonds is 4. The van der Waals surface area contributed by atoms with Gasteiger partial charge in [0.15, 0.2) is 0 Å². The number of aliphatic hydroxyl groups is 1. The van der Waals surface area contributed by atoms with Gasteiger partial charge >= 0.3 is 0 Å². The fraction of sp³-hybridized carbons (Fsp3) is 0.333. The van der Waals surface area contributed by atoms with Crippen LogP contribution in [0.3, 0.4) is 0 Å². The molecule has 0 bridgehead atoms. The van der Waals surface area contributed by atoms with Crippen LogP contribution >= 0.6 is 0 Å². The summed E-state index contributed by atoms with van der Waals surface area (Å²) < 4.78 is 1.45. The predicted molar refractivity (Wildman–Crippen MR) is 83.9 cm³/mol. The zero-order valence-electron chi connectivity index (χ0n) is 12.7. The Morgan fingerprint density at radius 2 is 2.00 bits per heavy atom. The first-order valence-electron chi connectivity index (χ1n) is 7.32. The molecule has 0 radical (unpaired) electrons. The summed E-state index contributed by atoms with van der Waals surface area (Å²) in [4.78, 5) is 26.2. The van der Waals surface area contributed by atoms with Crippen molar-refractivity contribution in [2.75, 3.05) is 24.6 Å². The van der Waals surface area contributed by atoms with Gasteiger partial charge in [0.1, 0.15) is 0 Å². The number of nitrogens with one attached hydrogen (secondary N) is 1. The minimum Gasteiger partial charge on any atom is -0.395 e. The van der Waals surface area contributed by atoms with Gasteiger partial charge in [-0.2, -0.15) is 0 Å². The van der Waals surface area contributed by atoms with E-state index in [1.165, 1.54) is 4.57 Å². The molecule has 1 aromatic heterocycles. The molecule has 8 heteroatoms. The highest BCUT2D eigenvalue weighted by Gasteiger charge is 2.26. The number of aliphatic hydroxyl groups excluding tert-OH is 1. The van der Waals surface area contributed by atoms with Crippen LogP contribution in [0, 0.1) is 6.92 Å². The summed E-state index contributed by atoms with van der Waals surface area (Å²) in [7, 11) is 0. The highest BCUT2D eigenvalue weighted by Crippen LogP contribution is 2.26. The lowest BCUT2D eigenvalue weighted by atomic mass is 10.2. The summed E-state index contributed by atoms with van der Waals surface area (Å²) >= 11 is 0. The van der Waals surface area contributed by atoms with Gasteiger partial charge in [-0.3, -0.25) is 14.2 Å². The molecule has 1 aliphatic heterocycles. The highest BCUT2D eigenvalue weighted by molar-refractivity contribution is 5.91. The van der Waals surface area contributed by atoms with Crippen LogP contribution in [-0.2, 0) is 6.54 Å². The van der Waals surface area contributed by atoms with Gasteiger partial charge in [0.2, 0.25) is 11.6 Å². The molecule has 3 rings (SSSR count). The second-order valence-electron chi connectivity index (χ2n) is 5.27. The van der Waals surface area contributed by atoms with Crippen LogP contribution in [0.15, 0.2) is 29.1 Å². The minimum absolute atomic E-state index is 0.0667. The van der Waals surface area contributed by atoms with E-state index in [9.17, 15) is 9.59 Å². The number of benzene rings is 1. The van der Waals surface area contributed by atoms with Crippen molar-refractivity contribution in [3.63, 3.8) is 0 Å². The van der Waals surface area contributed by atoms with E-state index >= 15 is 0 Å². The van der Waals surface area contributed by atoms with E-state index in [0.29, 0.717) is 19.0 Å². The largest absolute Gasteiger partial charge is 0.395 e. The standard InChI is InChI=1S/C15H17N5O3/c1-10-2-4-11(5-3-10)19-7-8-20-14(23)12(17-18-15(19)20)13(22)16-6-9-21/h2-5,21H,6-9H2,1H3,(H,16,22). The molecule has 0 aliphatic carbocycles. The van der Waals surface area contributed by atoms with Gasteiger partial charge in [-0.05, 0) is 19.1 Å². The van der Waals surface area contributed by atoms with Gasteiger partial charge < -0.3 is 15.3 Å². The molecule has 2 heterocycles. The molecule has 0 spiro atoms. The van der Waals surface area contributed by atoms with Gasteiger partial charge in [-0.15, -0.1) is 10.2 Å². The second-order valence-corrected chi connectivity index (χ2v) is 5.27. The van der Waals surface area contributed by atoms with Crippen molar-refractivity contribution in [3.8, 4) is 0 Å².